The van der Waals surface area contributed by atoms with Crippen LogP contribution in [0.3, 0.4) is 0 Å². The van der Waals surface area contributed by atoms with E-state index in [9.17, 15) is 5.11 Å². The van der Waals surface area contributed by atoms with E-state index in [2.05, 4.69) is 20.8 Å². The maximum Gasteiger partial charge on any atom is 0.0911 e. The summed E-state index contributed by atoms with van der Waals surface area (Å²) in [6.45, 7) is 8.44. The lowest BCUT2D eigenvalue weighted by molar-refractivity contribution is 0.168. The fourth-order valence-corrected chi connectivity index (χ4v) is 2.95. The molecule has 0 saturated carbocycles. The molecule has 0 heterocycles. The Hall–Kier alpha value is -1.07. The van der Waals surface area contributed by atoms with Crippen molar-refractivity contribution < 1.29 is 5.11 Å². The highest BCUT2D eigenvalue weighted by Gasteiger charge is 2.32. The smallest absolute Gasteiger partial charge is 0.0911 e. The van der Waals surface area contributed by atoms with Gasteiger partial charge in [-0.2, -0.15) is 5.26 Å². The first-order chi connectivity index (χ1) is 7.88. The van der Waals surface area contributed by atoms with Gasteiger partial charge in [-0.15, -0.1) is 0 Å². The molecule has 2 nitrogen and oxygen atoms in total. The highest BCUT2D eigenvalue weighted by molar-refractivity contribution is 5.28. The quantitative estimate of drug-likeness (QED) is 0.596. The summed E-state index contributed by atoms with van der Waals surface area (Å²) in [5, 5.41) is 19.0. The van der Waals surface area contributed by atoms with Gasteiger partial charge in [0.25, 0.3) is 0 Å². The van der Waals surface area contributed by atoms with Crippen molar-refractivity contribution in [1.82, 2.24) is 0 Å². The predicted molar refractivity (Wildman–Crippen MR) is 70.3 cm³/mol. The number of hydrogen-bond acceptors (Lipinski definition) is 2. The Morgan fingerprint density at radius 1 is 1.59 bits per heavy atom. The van der Waals surface area contributed by atoms with Gasteiger partial charge in [-0.3, -0.25) is 0 Å². The van der Waals surface area contributed by atoms with Gasteiger partial charge in [-0.05, 0) is 50.5 Å². The van der Waals surface area contributed by atoms with Crippen LogP contribution in [0.15, 0.2) is 22.8 Å². The molecule has 1 aliphatic carbocycles. The van der Waals surface area contributed by atoms with Crippen LogP contribution in [0.25, 0.3) is 0 Å². The monoisotopic (exact) mass is 233 g/mol. The molecule has 0 fully saturated rings. The van der Waals surface area contributed by atoms with Crippen molar-refractivity contribution in [3.63, 3.8) is 0 Å². The van der Waals surface area contributed by atoms with Crippen molar-refractivity contribution in [2.75, 3.05) is 0 Å². The van der Waals surface area contributed by atoms with Gasteiger partial charge in [0.2, 0.25) is 0 Å². The van der Waals surface area contributed by atoms with Gasteiger partial charge in [0.1, 0.15) is 0 Å². The molecule has 2 heteroatoms. The van der Waals surface area contributed by atoms with E-state index >= 15 is 0 Å². The zero-order valence-corrected chi connectivity index (χ0v) is 11.4. The Bertz CT molecular complexity index is 382. The maximum absolute atomic E-state index is 10.4. The molecule has 0 radical (unpaired) electrons. The van der Waals surface area contributed by atoms with Crippen molar-refractivity contribution in [1.29, 1.82) is 5.26 Å². The minimum Gasteiger partial charge on any atom is -0.388 e. The summed E-state index contributed by atoms with van der Waals surface area (Å²) in [7, 11) is 0. The number of allylic oxidation sites excluding steroid dienone is 2. The molecule has 1 rings (SSSR count). The zero-order valence-electron chi connectivity index (χ0n) is 11.4. The SMILES string of the molecule is CC1=C(C(O)C/C(C)=C/C#N)C(C)(C)CCC1. The first kappa shape index (κ1) is 14.0. The van der Waals surface area contributed by atoms with Crippen molar-refractivity contribution in [2.45, 2.75) is 59.5 Å². The second kappa shape index (κ2) is 5.51. The Morgan fingerprint density at radius 2 is 2.24 bits per heavy atom. The predicted octanol–water partition coefficient (Wildman–Crippen LogP) is 3.73. The molecule has 0 amide bonds. The average molecular weight is 233 g/mol. The van der Waals surface area contributed by atoms with Crippen LogP contribution in [0.4, 0.5) is 0 Å². The van der Waals surface area contributed by atoms with Crippen LogP contribution in [-0.2, 0) is 0 Å². The summed E-state index contributed by atoms with van der Waals surface area (Å²) in [5.41, 5.74) is 3.56. The third-order valence-corrected chi connectivity index (χ3v) is 3.70. The van der Waals surface area contributed by atoms with E-state index in [0.29, 0.717) is 6.42 Å². The van der Waals surface area contributed by atoms with Gasteiger partial charge < -0.3 is 5.11 Å². The zero-order chi connectivity index (χ0) is 13.1. The number of rotatable bonds is 3. The molecular weight excluding hydrogens is 210 g/mol. The van der Waals surface area contributed by atoms with Crippen LogP contribution in [0.1, 0.15) is 53.4 Å². The summed E-state index contributed by atoms with van der Waals surface area (Å²) in [4.78, 5) is 0. The number of hydrogen-bond donors (Lipinski definition) is 1. The van der Waals surface area contributed by atoms with Gasteiger partial charge in [0.05, 0.1) is 12.2 Å². The van der Waals surface area contributed by atoms with Gasteiger partial charge in [0, 0.05) is 6.08 Å². The van der Waals surface area contributed by atoms with Crippen molar-refractivity contribution in [3.8, 4) is 6.07 Å². The summed E-state index contributed by atoms with van der Waals surface area (Å²) in [6, 6.07) is 2.02. The Kier molecular flexibility index (Phi) is 4.54. The molecule has 1 unspecified atom stereocenters. The largest absolute Gasteiger partial charge is 0.388 e. The normalized spacial score (nSPS) is 22.2. The number of nitriles is 1. The third-order valence-electron chi connectivity index (χ3n) is 3.70. The van der Waals surface area contributed by atoms with E-state index in [4.69, 9.17) is 5.26 Å². The summed E-state index contributed by atoms with van der Waals surface area (Å²) in [6.07, 6.45) is 5.10. The van der Waals surface area contributed by atoms with E-state index in [0.717, 1.165) is 18.4 Å². The van der Waals surface area contributed by atoms with Crippen LogP contribution in [0.2, 0.25) is 0 Å². The maximum atomic E-state index is 10.4. The van der Waals surface area contributed by atoms with E-state index in [-0.39, 0.29) is 5.41 Å². The Labute approximate surface area is 105 Å². The van der Waals surface area contributed by atoms with E-state index in [1.165, 1.54) is 23.6 Å². The summed E-state index contributed by atoms with van der Waals surface area (Å²) < 4.78 is 0. The van der Waals surface area contributed by atoms with Crippen LogP contribution in [0.5, 0.6) is 0 Å². The van der Waals surface area contributed by atoms with Crippen molar-refractivity contribution in [2.24, 2.45) is 5.41 Å². The Morgan fingerprint density at radius 3 is 2.76 bits per heavy atom. The lowest BCUT2D eigenvalue weighted by Crippen LogP contribution is -2.29. The minimum atomic E-state index is -0.435. The Balaban J connectivity index is 2.90. The highest BCUT2D eigenvalue weighted by atomic mass is 16.3. The molecule has 94 valence electrons. The molecule has 17 heavy (non-hydrogen) atoms. The van der Waals surface area contributed by atoms with Crippen LogP contribution in [-0.4, -0.2) is 11.2 Å². The molecule has 0 spiro atoms. The molecule has 0 bridgehead atoms. The molecule has 0 aromatic rings. The molecule has 0 saturated heterocycles. The van der Waals surface area contributed by atoms with Gasteiger partial charge in [-0.1, -0.05) is 25.0 Å². The molecule has 1 N–H and O–H groups in total. The minimum absolute atomic E-state index is 0.0919. The van der Waals surface area contributed by atoms with E-state index < -0.39 is 6.10 Å². The first-order valence-corrected chi connectivity index (χ1v) is 6.32. The van der Waals surface area contributed by atoms with Gasteiger partial charge >= 0.3 is 0 Å². The molecule has 0 aromatic carbocycles. The fraction of sp³-hybridized carbons (Fsp3) is 0.667. The second-order valence-electron chi connectivity index (χ2n) is 5.77. The van der Waals surface area contributed by atoms with E-state index in [1.54, 1.807) is 0 Å². The number of nitrogens with zero attached hydrogens (tertiary/aromatic N) is 1. The molecule has 0 aromatic heterocycles. The highest BCUT2D eigenvalue weighted by Crippen LogP contribution is 2.42. The average Bonchev–Trinajstić information content (AvgIpc) is 2.15. The summed E-state index contributed by atoms with van der Waals surface area (Å²) in [5.74, 6) is 0. The lowest BCUT2D eigenvalue weighted by Gasteiger charge is -2.37. The number of aliphatic hydroxyl groups excluding tert-OH is 1. The third kappa shape index (κ3) is 3.44. The lowest BCUT2D eigenvalue weighted by atomic mass is 9.70. The first-order valence-electron chi connectivity index (χ1n) is 6.32. The van der Waals surface area contributed by atoms with E-state index in [1.807, 2.05) is 13.0 Å². The fourth-order valence-electron chi connectivity index (χ4n) is 2.95. The van der Waals surface area contributed by atoms with Crippen LogP contribution >= 0.6 is 0 Å². The van der Waals surface area contributed by atoms with Gasteiger partial charge in [-0.25, -0.2) is 0 Å². The molecule has 0 aliphatic heterocycles. The van der Waals surface area contributed by atoms with Crippen molar-refractivity contribution >= 4 is 0 Å². The standard InChI is InChI=1S/C15H23NO/c1-11(7-9-16)10-13(17)14-12(2)6-5-8-15(14,3)4/h7,13,17H,5-6,8,10H2,1-4H3/b11-7+. The van der Waals surface area contributed by atoms with Crippen LogP contribution < -0.4 is 0 Å². The van der Waals surface area contributed by atoms with Crippen LogP contribution in [0, 0.1) is 16.7 Å². The second-order valence-corrected chi connectivity index (χ2v) is 5.77. The van der Waals surface area contributed by atoms with Gasteiger partial charge in [0.15, 0.2) is 0 Å². The molecule has 1 atom stereocenters. The summed E-state index contributed by atoms with van der Waals surface area (Å²) >= 11 is 0. The number of aliphatic hydroxyl groups is 1. The van der Waals surface area contributed by atoms with Crippen molar-refractivity contribution in [3.05, 3.63) is 22.8 Å². The molecule has 1 aliphatic rings. The molecular formula is C15H23NO. The topological polar surface area (TPSA) is 44.0 Å².